The van der Waals surface area contributed by atoms with Gasteiger partial charge in [0.1, 0.15) is 19.3 Å². The van der Waals surface area contributed by atoms with Crippen LogP contribution in [0.25, 0.3) is 0 Å². The number of rotatable bonds is 83. The number of aliphatic hydroxyl groups is 1. The second kappa shape index (κ2) is 75.5. The van der Waals surface area contributed by atoms with Gasteiger partial charge in [0.05, 0.1) is 26.4 Å². The molecule has 19 heteroatoms. The second-order valence-corrected chi connectivity index (χ2v) is 33.8. The van der Waals surface area contributed by atoms with E-state index < -0.39 is 97.5 Å². The van der Waals surface area contributed by atoms with Crippen LogP contribution in [0.5, 0.6) is 0 Å². The molecule has 0 bridgehead atoms. The van der Waals surface area contributed by atoms with Crippen molar-refractivity contribution in [1.29, 1.82) is 0 Å². The molecule has 0 rings (SSSR count). The molecule has 6 atom stereocenters. The molecule has 17 nitrogen and oxygen atoms in total. The van der Waals surface area contributed by atoms with E-state index in [2.05, 4.69) is 41.5 Å². The van der Waals surface area contributed by atoms with E-state index in [9.17, 15) is 43.2 Å². The summed E-state index contributed by atoms with van der Waals surface area (Å²) in [5.41, 5.74) is 0. The Morgan fingerprint density at radius 3 is 0.738 bits per heavy atom. The molecule has 103 heavy (non-hydrogen) atoms. The standard InChI is InChI=1S/C84H164O17P2/c1-7-10-12-14-16-18-19-20-25-33-38-44-50-56-62-68-83(88)100-79(72-94-81(86)66-60-54-48-40-17-15-13-11-8-2)74-98-102(90,91)96-70-78(85)71-97-103(92,93)99-75-80(73-95-82(87)67-61-55-49-43-37-32-29-28-31-36-42-47-53-59-65-77(6)9-3)101-84(89)69-63-57-51-45-39-34-27-24-22-21-23-26-30-35-41-46-52-58-64-76(4)5/h76-80,85H,7-75H2,1-6H3,(H,90,91)(H,92,93)/t77?,78-,79+,80+/m0/s1. The number of phosphoric ester groups is 2. The van der Waals surface area contributed by atoms with Crippen LogP contribution in [0.2, 0.25) is 0 Å². The van der Waals surface area contributed by atoms with Gasteiger partial charge in [-0.2, -0.15) is 0 Å². The van der Waals surface area contributed by atoms with Crippen molar-refractivity contribution in [2.45, 2.75) is 464 Å². The van der Waals surface area contributed by atoms with Crippen LogP contribution in [0, 0.1) is 11.8 Å². The van der Waals surface area contributed by atoms with Gasteiger partial charge in [-0.15, -0.1) is 0 Å². The van der Waals surface area contributed by atoms with Gasteiger partial charge in [0.15, 0.2) is 12.2 Å². The Bertz CT molecular complexity index is 1980. The summed E-state index contributed by atoms with van der Waals surface area (Å²) in [6.07, 6.45) is 66.5. The molecule has 0 aliphatic carbocycles. The van der Waals surface area contributed by atoms with E-state index in [1.807, 2.05) is 0 Å². The number of unbranched alkanes of at least 4 members (excludes halogenated alkanes) is 52. The molecule has 3 unspecified atom stereocenters. The molecule has 0 saturated carbocycles. The third-order valence-corrected chi connectivity index (χ3v) is 22.0. The van der Waals surface area contributed by atoms with E-state index in [1.54, 1.807) is 0 Å². The van der Waals surface area contributed by atoms with Gasteiger partial charge in [-0.1, -0.05) is 395 Å². The molecule has 0 saturated heterocycles. The summed E-state index contributed by atoms with van der Waals surface area (Å²) in [5, 5.41) is 10.7. The summed E-state index contributed by atoms with van der Waals surface area (Å²) in [6.45, 7) is 9.74. The van der Waals surface area contributed by atoms with E-state index in [0.717, 1.165) is 102 Å². The lowest BCUT2D eigenvalue weighted by atomic mass is 9.99. The van der Waals surface area contributed by atoms with Crippen LogP contribution in [0.1, 0.15) is 446 Å². The minimum absolute atomic E-state index is 0.108. The zero-order chi connectivity index (χ0) is 75.6. The van der Waals surface area contributed by atoms with Crippen molar-refractivity contribution in [3.8, 4) is 0 Å². The van der Waals surface area contributed by atoms with Crippen molar-refractivity contribution in [1.82, 2.24) is 0 Å². The molecule has 0 aromatic heterocycles. The first-order chi connectivity index (χ1) is 49.9. The maximum Gasteiger partial charge on any atom is 0.472 e. The third kappa shape index (κ3) is 76.6. The molecule has 3 N–H and O–H groups in total. The minimum atomic E-state index is -4.96. The van der Waals surface area contributed by atoms with Crippen molar-refractivity contribution in [3.63, 3.8) is 0 Å². The molecule has 0 aromatic carbocycles. The van der Waals surface area contributed by atoms with Crippen molar-refractivity contribution in [3.05, 3.63) is 0 Å². The number of hydrogen-bond donors (Lipinski definition) is 3. The number of esters is 4. The molecule has 0 aliphatic rings. The van der Waals surface area contributed by atoms with Crippen LogP contribution in [0.15, 0.2) is 0 Å². The molecule has 612 valence electrons. The highest BCUT2D eigenvalue weighted by Gasteiger charge is 2.30. The van der Waals surface area contributed by atoms with E-state index in [1.165, 1.54) is 263 Å². The first kappa shape index (κ1) is 101. The van der Waals surface area contributed by atoms with Crippen LogP contribution in [0.3, 0.4) is 0 Å². The number of ether oxygens (including phenoxy) is 4. The summed E-state index contributed by atoms with van der Waals surface area (Å²) >= 11 is 0. The van der Waals surface area contributed by atoms with Crippen LogP contribution in [-0.2, 0) is 65.4 Å². The zero-order valence-corrected chi connectivity index (χ0v) is 69.4. The van der Waals surface area contributed by atoms with Crippen molar-refractivity contribution < 1.29 is 80.2 Å². The fourth-order valence-corrected chi connectivity index (χ4v) is 14.6. The highest BCUT2D eigenvalue weighted by atomic mass is 31.2. The monoisotopic (exact) mass is 1510 g/mol. The Balaban J connectivity index is 5.21. The van der Waals surface area contributed by atoms with Gasteiger partial charge in [-0.3, -0.25) is 37.3 Å². The number of aliphatic hydroxyl groups excluding tert-OH is 1. The first-order valence-electron chi connectivity index (χ1n) is 43.5. The Labute approximate surface area is 632 Å². The average molecular weight is 1510 g/mol. The maximum atomic E-state index is 13.1. The minimum Gasteiger partial charge on any atom is -0.462 e. The van der Waals surface area contributed by atoms with Gasteiger partial charge >= 0.3 is 39.5 Å². The number of carbonyl (C=O) groups excluding carboxylic acids is 4. The molecule has 0 amide bonds. The van der Waals surface area contributed by atoms with Gasteiger partial charge < -0.3 is 33.8 Å². The van der Waals surface area contributed by atoms with Gasteiger partial charge in [0, 0.05) is 25.7 Å². The summed E-state index contributed by atoms with van der Waals surface area (Å²) in [7, 11) is -9.92. The Morgan fingerprint density at radius 2 is 0.495 bits per heavy atom. The molecular formula is C84H164O17P2. The van der Waals surface area contributed by atoms with Crippen molar-refractivity contribution >= 4 is 39.5 Å². The van der Waals surface area contributed by atoms with Crippen LogP contribution < -0.4 is 0 Å². The SMILES string of the molecule is CCCCCCCCCCCCCCCCCC(=O)O[C@H](COC(=O)CCCCCCCCCCC)COP(=O)(O)OC[C@H](O)COP(=O)(O)OC[C@@H](COC(=O)CCCCCCCCCCCCCCCCC(C)CC)OC(=O)CCCCCCCCCCCCCCCCCCCCC(C)C. The summed E-state index contributed by atoms with van der Waals surface area (Å²) in [4.78, 5) is 73.1. The lowest BCUT2D eigenvalue weighted by Crippen LogP contribution is -2.30. The smallest absolute Gasteiger partial charge is 0.462 e. The lowest BCUT2D eigenvalue weighted by Gasteiger charge is -2.21. The maximum absolute atomic E-state index is 13.1. The average Bonchev–Trinajstić information content (AvgIpc) is 0.918. The van der Waals surface area contributed by atoms with E-state index in [4.69, 9.17) is 37.0 Å². The summed E-state index contributed by atoms with van der Waals surface area (Å²) in [5.74, 6) is -0.434. The van der Waals surface area contributed by atoms with E-state index >= 15 is 0 Å². The normalized spacial score (nSPS) is 14.1. The van der Waals surface area contributed by atoms with Gasteiger partial charge in [0.2, 0.25) is 0 Å². The zero-order valence-electron chi connectivity index (χ0n) is 67.6. The molecular weight excluding hydrogens is 1340 g/mol. The van der Waals surface area contributed by atoms with Crippen molar-refractivity contribution in [2.75, 3.05) is 39.6 Å². The van der Waals surface area contributed by atoms with E-state index in [0.29, 0.717) is 25.7 Å². The van der Waals surface area contributed by atoms with Gasteiger partial charge in [-0.25, -0.2) is 9.13 Å². The predicted octanol–water partition coefficient (Wildman–Crippen LogP) is 25.5. The number of hydrogen-bond acceptors (Lipinski definition) is 15. The largest absolute Gasteiger partial charge is 0.472 e. The van der Waals surface area contributed by atoms with Gasteiger partial charge in [-0.05, 0) is 37.5 Å². The molecule has 0 heterocycles. The molecule has 0 spiro atoms. The lowest BCUT2D eigenvalue weighted by molar-refractivity contribution is -0.161. The second-order valence-electron chi connectivity index (χ2n) is 30.9. The fourth-order valence-electron chi connectivity index (χ4n) is 13.0. The summed E-state index contributed by atoms with van der Waals surface area (Å²) in [6, 6.07) is 0. The number of carbonyl (C=O) groups is 4. The third-order valence-electron chi connectivity index (χ3n) is 20.1. The quantitative estimate of drug-likeness (QED) is 0.0222. The molecule has 0 fully saturated rings. The molecule has 0 aliphatic heterocycles. The predicted molar refractivity (Wildman–Crippen MR) is 423 cm³/mol. The Kier molecular flexibility index (Phi) is 74.1. The molecule has 0 radical (unpaired) electrons. The highest BCUT2D eigenvalue weighted by Crippen LogP contribution is 2.45. The Morgan fingerprint density at radius 1 is 0.282 bits per heavy atom. The van der Waals surface area contributed by atoms with E-state index in [-0.39, 0.29) is 25.7 Å². The Hall–Kier alpha value is -1.94. The number of phosphoric acid groups is 2. The fraction of sp³-hybridized carbons (Fsp3) is 0.952. The van der Waals surface area contributed by atoms with Crippen LogP contribution in [0.4, 0.5) is 0 Å². The topological polar surface area (TPSA) is 237 Å². The van der Waals surface area contributed by atoms with Gasteiger partial charge in [0.25, 0.3) is 0 Å². The van der Waals surface area contributed by atoms with Crippen molar-refractivity contribution in [2.24, 2.45) is 11.8 Å². The van der Waals surface area contributed by atoms with Crippen LogP contribution in [-0.4, -0.2) is 96.7 Å². The highest BCUT2D eigenvalue weighted by molar-refractivity contribution is 7.47. The summed E-state index contributed by atoms with van der Waals surface area (Å²) < 4.78 is 68.8. The first-order valence-corrected chi connectivity index (χ1v) is 46.5. The molecule has 0 aromatic rings. The van der Waals surface area contributed by atoms with Crippen LogP contribution >= 0.6 is 15.6 Å².